The Kier molecular flexibility index (Phi) is 9.58. The van der Waals surface area contributed by atoms with E-state index in [0.29, 0.717) is 26.3 Å². The average Bonchev–Trinajstić information content (AvgIpc) is 2.45. The van der Waals surface area contributed by atoms with Gasteiger partial charge in [0.1, 0.15) is 0 Å². The number of amides is 1. The lowest BCUT2D eigenvalue weighted by molar-refractivity contribution is -0.120. The Morgan fingerprint density at radius 1 is 1.43 bits per heavy atom. The van der Waals surface area contributed by atoms with Crippen molar-refractivity contribution in [2.45, 2.75) is 44.8 Å². The molecule has 1 fully saturated rings. The second-order valence-corrected chi connectivity index (χ2v) is 5.85. The zero-order chi connectivity index (χ0) is 15.5. The van der Waals surface area contributed by atoms with Crippen LogP contribution in [0, 0.1) is 5.92 Å². The first-order chi connectivity index (χ1) is 10.1. The van der Waals surface area contributed by atoms with Gasteiger partial charge in [-0.05, 0) is 18.8 Å². The first-order valence-electron chi connectivity index (χ1n) is 7.87. The molecule has 1 rings (SSSR count). The lowest BCUT2D eigenvalue weighted by Crippen LogP contribution is -2.40. The van der Waals surface area contributed by atoms with Crippen LogP contribution in [0.3, 0.4) is 0 Å². The van der Waals surface area contributed by atoms with Gasteiger partial charge in [-0.1, -0.05) is 19.8 Å². The van der Waals surface area contributed by atoms with Crippen LogP contribution in [0.1, 0.15) is 32.6 Å². The van der Waals surface area contributed by atoms with Crippen molar-refractivity contribution in [3.05, 3.63) is 0 Å². The molecule has 1 aliphatic rings. The third-order valence-electron chi connectivity index (χ3n) is 3.71. The second-order valence-electron chi connectivity index (χ2n) is 5.85. The lowest BCUT2D eigenvalue weighted by Gasteiger charge is -2.27. The summed E-state index contributed by atoms with van der Waals surface area (Å²) in [6, 6.07) is 0. The fraction of sp³-hybridized carbons (Fsp3) is 0.933. The van der Waals surface area contributed by atoms with Crippen LogP contribution in [0.4, 0.5) is 0 Å². The van der Waals surface area contributed by atoms with Crippen LogP contribution in [0.5, 0.6) is 0 Å². The average molecular weight is 302 g/mol. The highest BCUT2D eigenvalue weighted by Gasteiger charge is 2.20. The van der Waals surface area contributed by atoms with Crippen molar-refractivity contribution < 1.29 is 19.4 Å². The van der Waals surface area contributed by atoms with Crippen LogP contribution in [0.25, 0.3) is 0 Å². The van der Waals surface area contributed by atoms with Gasteiger partial charge in [0.15, 0.2) is 0 Å². The van der Waals surface area contributed by atoms with Crippen molar-refractivity contribution in [3.8, 4) is 0 Å². The quantitative estimate of drug-likeness (QED) is 0.506. The third-order valence-corrected chi connectivity index (χ3v) is 3.71. The molecule has 3 atom stereocenters. The van der Waals surface area contributed by atoms with Crippen molar-refractivity contribution >= 4 is 5.91 Å². The predicted molar refractivity (Wildman–Crippen MR) is 81.1 cm³/mol. The van der Waals surface area contributed by atoms with Gasteiger partial charge >= 0.3 is 0 Å². The fourth-order valence-electron chi connectivity index (χ4n) is 2.54. The van der Waals surface area contributed by atoms with Crippen LogP contribution in [-0.4, -0.2) is 63.2 Å². The van der Waals surface area contributed by atoms with E-state index in [4.69, 9.17) is 9.47 Å². The Hall–Kier alpha value is -0.690. The van der Waals surface area contributed by atoms with Crippen LogP contribution >= 0.6 is 0 Å². The van der Waals surface area contributed by atoms with Crippen molar-refractivity contribution in [2.24, 2.45) is 5.92 Å². The summed E-state index contributed by atoms with van der Waals surface area (Å²) in [6.45, 7) is 4.14. The molecular formula is C15H30N2O4. The van der Waals surface area contributed by atoms with Gasteiger partial charge in [0.05, 0.1) is 32.0 Å². The number of aliphatic hydroxyl groups excluding tert-OH is 1. The molecule has 0 saturated heterocycles. The molecule has 124 valence electrons. The van der Waals surface area contributed by atoms with Gasteiger partial charge < -0.3 is 25.2 Å². The number of aliphatic hydroxyl groups is 1. The van der Waals surface area contributed by atoms with E-state index in [1.165, 1.54) is 12.8 Å². The number of hydrogen-bond acceptors (Lipinski definition) is 5. The van der Waals surface area contributed by atoms with Gasteiger partial charge in [-0.3, -0.25) is 4.79 Å². The zero-order valence-corrected chi connectivity index (χ0v) is 13.3. The maximum atomic E-state index is 11.4. The monoisotopic (exact) mass is 302 g/mol. The highest BCUT2D eigenvalue weighted by Crippen LogP contribution is 2.25. The Bertz CT molecular complexity index is 289. The van der Waals surface area contributed by atoms with Crippen molar-refractivity contribution in [1.29, 1.82) is 0 Å². The standard InChI is InChI=1S/C15H30N2O4/c1-12-4-3-5-14(8-12)21-11-13(18)9-16-10-15(19)17-6-7-20-2/h12-14,16,18H,3-11H2,1-2H3,(H,17,19). The number of carbonyl (C=O) groups excluding carboxylic acids is 1. The molecule has 3 unspecified atom stereocenters. The maximum Gasteiger partial charge on any atom is 0.234 e. The zero-order valence-electron chi connectivity index (χ0n) is 13.3. The summed E-state index contributed by atoms with van der Waals surface area (Å²) >= 11 is 0. The van der Waals surface area contributed by atoms with Gasteiger partial charge in [0, 0.05) is 20.2 Å². The first-order valence-corrected chi connectivity index (χ1v) is 7.87. The molecule has 0 aromatic heterocycles. The predicted octanol–water partition coefficient (Wildman–Crippen LogP) is 0.295. The van der Waals surface area contributed by atoms with Crippen molar-refractivity contribution in [2.75, 3.05) is 40.0 Å². The van der Waals surface area contributed by atoms with Gasteiger partial charge in [-0.2, -0.15) is 0 Å². The summed E-state index contributed by atoms with van der Waals surface area (Å²) in [5.74, 6) is 0.621. The molecule has 0 heterocycles. The molecule has 1 saturated carbocycles. The molecule has 0 radical (unpaired) electrons. The minimum atomic E-state index is -0.575. The highest BCUT2D eigenvalue weighted by atomic mass is 16.5. The van der Waals surface area contributed by atoms with E-state index < -0.39 is 6.10 Å². The van der Waals surface area contributed by atoms with E-state index in [9.17, 15) is 9.90 Å². The summed E-state index contributed by atoms with van der Waals surface area (Å²) in [4.78, 5) is 11.4. The minimum absolute atomic E-state index is 0.0960. The molecule has 1 aliphatic carbocycles. The van der Waals surface area contributed by atoms with Crippen LogP contribution in [-0.2, 0) is 14.3 Å². The lowest BCUT2D eigenvalue weighted by atomic mass is 9.89. The number of rotatable bonds is 10. The van der Waals surface area contributed by atoms with Gasteiger partial charge in [-0.25, -0.2) is 0 Å². The number of methoxy groups -OCH3 is 1. The van der Waals surface area contributed by atoms with E-state index in [1.807, 2.05) is 0 Å². The molecule has 6 nitrogen and oxygen atoms in total. The third kappa shape index (κ3) is 9.03. The largest absolute Gasteiger partial charge is 0.389 e. The van der Waals surface area contributed by atoms with Crippen LogP contribution in [0.15, 0.2) is 0 Å². The SMILES string of the molecule is COCCNC(=O)CNCC(O)COC1CCCC(C)C1. The van der Waals surface area contributed by atoms with E-state index in [0.717, 1.165) is 18.8 Å². The summed E-state index contributed by atoms with van der Waals surface area (Å²) in [5, 5.41) is 15.5. The Balaban J connectivity index is 2.00. The molecule has 0 bridgehead atoms. The van der Waals surface area contributed by atoms with E-state index >= 15 is 0 Å². The number of ether oxygens (including phenoxy) is 2. The summed E-state index contributed by atoms with van der Waals surface area (Å²) in [6.07, 6.45) is 4.37. The molecule has 3 N–H and O–H groups in total. The van der Waals surface area contributed by atoms with E-state index in [2.05, 4.69) is 17.6 Å². The second kappa shape index (κ2) is 11.0. The molecule has 0 aliphatic heterocycles. The number of hydrogen-bond donors (Lipinski definition) is 3. The highest BCUT2D eigenvalue weighted by molar-refractivity contribution is 5.77. The molecule has 6 heteroatoms. The summed E-state index contributed by atoms with van der Waals surface area (Å²) in [5.41, 5.74) is 0. The molecule has 0 aromatic carbocycles. The molecular weight excluding hydrogens is 272 g/mol. The topological polar surface area (TPSA) is 79.8 Å². The van der Waals surface area contributed by atoms with Crippen molar-refractivity contribution in [1.82, 2.24) is 10.6 Å². The molecule has 0 aromatic rings. The van der Waals surface area contributed by atoms with Gasteiger partial charge in [-0.15, -0.1) is 0 Å². The molecule has 0 spiro atoms. The Morgan fingerprint density at radius 3 is 2.95 bits per heavy atom. The minimum Gasteiger partial charge on any atom is -0.389 e. The maximum absolute atomic E-state index is 11.4. The smallest absolute Gasteiger partial charge is 0.234 e. The molecule has 21 heavy (non-hydrogen) atoms. The Morgan fingerprint density at radius 2 is 2.24 bits per heavy atom. The van der Waals surface area contributed by atoms with E-state index in [1.54, 1.807) is 7.11 Å². The summed E-state index contributed by atoms with van der Waals surface area (Å²) in [7, 11) is 1.59. The fourth-order valence-corrected chi connectivity index (χ4v) is 2.54. The van der Waals surface area contributed by atoms with Gasteiger partial charge in [0.2, 0.25) is 5.91 Å². The first kappa shape index (κ1) is 18.4. The van der Waals surface area contributed by atoms with Gasteiger partial charge in [0.25, 0.3) is 0 Å². The van der Waals surface area contributed by atoms with Crippen LogP contribution in [0.2, 0.25) is 0 Å². The Labute approximate surface area is 127 Å². The summed E-state index contributed by atoms with van der Waals surface area (Å²) < 4.78 is 10.6. The normalized spacial score (nSPS) is 23.8. The number of nitrogens with one attached hydrogen (secondary N) is 2. The van der Waals surface area contributed by atoms with Crippen molar-refractivity contribution in [3.63, 3.8) is 0 Å². The number of carbonyl (C=O) groups is 1. The van der Waals surface area contributed by atoms with Crippen LogP contribution < -0.4 is 10.6 Å². The molecule has 1 amide bonds. The van der Waals surface area contributed by atoms with E-state index in [-0.39, 0.29) is 18.6 Å².